The van der Waals surface area contributed by atoms with E-state index in [-0.39, 0.29) is 13.1 Å². The quantitative estimate of drug-likeness (QED) is 0.762. The molecule has 2 heterocycles. The van der Waals surface area contributed by atoms with E-state index in [1.807, 2.05) is 0 Å². The maximum atomic E-state index is 13.1. The van der Waals surface area contributed by atoms with E-state index < -0.39 is 50.8 Å². The lowest BCUT2D eigenvalue weighted by atomic mass is 10.1. The summed E-state index contributed by atoms with van der Waals surface area (Å²) in [4.78, 5) is 10.8. The van der Waals surface area contributed by atoms with Gasteiger partial charge in [0, 0.05) is 25.0 Å². The SMILES string of the molecule is Nc1cc(C(F)(F)F)ccc1S(=O)(=O)N1CCn2cccc2C1CC(=O)O. The largest absolute Gasteiger partial charge is 0.481 e. The smallest absolute Gasteiger partial charge is 0.416 e. The number of rotatable bonds is 4. The van der Waals surface area contributed by atoms with Crippen LogP contribution in [0.3, 0.4) is 0 Å². The highest BCUT2D eigenvalue weighted by Gasteiger charge is 2.39. The fourth-order valence-corrected chi connectivity index (χ4v) is 4.88. The van der Waals surface area contributed by atoms with Crippen LogP contribution in [0.15, 0.2) is 41.4 Å². The zero-order chi connectivity index (χ0) is 20.0. The third kappa shape index (κ3) is 3.52. The Labute approximate surface area is 152 Å². The maximum Gasteiger partial charge on any atom is 0.416 e. The number of carboxylic acid groups (broad SMARTS) is 1. The zero-order valence-electron chi connectivity index (χ0n) is 13.8. The molecule has 0 aliphatic carbocycles. The summed E-state index contributed by atoms with van der Waals surface area (Å²) in [6.07, 6.45) is -3.43. The molecule has 0 saturated heterocycles. The maximum absolute atomic E-state index is 13.1. The fraction of sp³-hybridized carbons (Fsp3) is 0.312. The van der Waals surface area contributed by atoms with Crippen LogP contribution < -0.4 is 5.73 Å². The number of nitrogens with two attached hydrogens (primary N) is 1. The minimum absolute atomic E-state index is 0.0254. The first-order valence-corrected chi connectivity index (χ1v) is 9.31. The molecule has 1 atom stereocenters. The Hall–Kier alpha value is -2.53. The zero-order valence-corrected chi connectivity index (χ0v) is 14.7. The molecular weight excluding hydrogens is 387 g/mol. The highest BCUT2D eigenvalue weighted by Crippen LogP contribution is 2.37. The molecule has 1 aliphatic rings. The van der Waals surface area contributed by atoms with Crippen LogP contribution in [0.1, 0.15) is 23.7 Å². The van der Waals surface area contributed by atoms with Crippen LogP contribution in [0.4, 0.5) is 18.9 Å². The second-order valence-corrected chi connectivity index (χ2v) is 7.97. The second kappa shape index (κ2) is 6.57. The number of benzene rings is 1. The predicted octanol–water partition coefficient (Wildman–Crippen LogP) is 2.31. The Kier molecular flexibility index (Phi) is 4.68. The van der Waals surface area contributed by atoms with Crippen LogP contribution in [-0.4, -0.2) is 34.9 Å². The lowest BCUT2D eigenvalue weighted by Gasteiger charge is -2.35. The Bertz CT molecular complexity index is 985. The van der Waals surface area contributed by atoms with Gasteiger partial charge in [-0.15, -0.1) is 0 Å². The summed E-state index contributed by atoms with van der Waals surface area (Å²) in [5.74, 6) is -1.20. The minimum atomic E-state index is -4.66. The average molecular weight is 403 g/mol. The summed E-state index contributed by atoms with van der Waals surface area (Å²) < 4.78 is 67.2. The number of carboxylic acids is 1. The highest BCUT2D eigenvalue weighted by molar-refractivity contribution is 7.89. The highest BCUT2D eigenvalue weighted by atomic mass is 32.2. The van der Waals surface area contributed by atoms with Gasteiger partial charge >= 0.3 is 12.1 Å². The molecule has 3 rings (SSSR count). The summed E-state index contributed by atoms with van der Waals surface area (Å²) in [6, 6.07) is 4.31. The van der Waals surface area contributed by atoms with Gasteiger partial charge in [-0.05, 0) is 30.3 Å². The van der Waals surface area contributed by atoms with Gasteiger partial charge in [0.1, 0.15) is 4.90 Å². The first kappa shape index (κ1) is 19.2. The number of alkyl halides is 3. The van der Waals surface area contributed by atoms with Crippen molar-refractivity contribution < 1.29 is 31.5 Å². The fourth-order valence-electron chi connectivity index (χ4n) is 3.19. The van der Waals surface area contributed by atoms with Crippen LogP contribution in [-0.2, 0) is 27.5 Å². The molecule has 1 aliphatic heterocycles. The number of halogens is 3. The topological polar surface area (TPSA) is 106 Å². The van der Waals surface area contributed by atoms with E-state index in [4.69, 9.17) is 5.73 Å². The van der Waals surface area contributed by atoms with Crippen LogP contribution in [0.25, 0.3) is 0 Å². The Morgan fingerprint density at radius 2 is 1.96 bits per heavy atom. The monoisotopic (exact) mass is 403 g/mol. The molecule has 0 radical (unpaired) electrons. The van der Waals surface area contributed by atoms with Crippen molar-refractivity contribution in [2.45, 2.75) is 30.1 Å². The molecule has 0 fully saturated rings. The second-order valence-electron chi connectivity index (χ2n) is 6.11. The van der Waals surface area contributed by atoms with E-state index in [2.05, 4.69) is 0 Å². The van der Waals surface area contributed by atoms with E-state index in [1.54, 1.807) is 22.9 Å². The number of aliphatic carboxylic acids is 1. The first-order chi connectivity index (χ1) is 12.5. The molecule has 0 saturated carbocycles. The van der Waals surface area contributed by atoms with Crippen molar-refractivity contribution in [2.24, 2.45) is 0 Å². The van der Waals surface area contributed by atoms with Crippen molar-refractivity contribution in [3.05, 3.63) is 47.8 Å². The number of carbonyl (C=O) groups is 1. The Morgan fingerprint density at radius 3 is 2.56 bits per heavy atom. The summed E-state index contributed by atoms with van der Waals surface area (Å²) in [5.41, 5.74) is 4.50. The molecule has 146 valence electrons. The molecule has 1 aromatic heterocycles. The number of aromatic nitrogens is 1. The van der Waals surface area contributed by atoms with Crippen molar-refractivity contribution in [1.82, 2.24) is 8.87 Å². The Morgan fingerprint density at radius 1 is 1.26 bits per heavy atom. The molecule has 11 heteroatoms. The van der Waals surface area contributed by atoms with Gasteiger partial charge in [0.15, 0.2) is 0 Å². The van der Waals surface area contributed by atoms with E-state index in [0.29, 0.717) is 17.8 Å². The normalized spacial score (nSPS) is 18.3. The van der Waals surface area contributed by atoms with Crippen molar-refractivity contribution in [1.29, 1.82) is 0 Å². The van der Waals surface area contributed by atoms with Gasteiger partial charge in [0.2, 0.25) is 10.0 Å². The van der Waals surface area contributed by atoms with Crippen molar-refractivity contribution in [3.8, 4) is 0 Å². The molecule has 0 spiro atoms. The lowest BCUT2D eigenvalue weighted by molar-refractivity contribution is -0.138. The molecule has 7 nitrogen and oxygen atoms in total. The lowest BCUT2D eigenvalue weighted by Crippen LogP contribution is -2.42. The van der Waals surface area contributed by atoms with Crippen LogP contribution in [0.2, 0.25) is 0 Å². The van der Waals surface area contributed by atoms with Crippen LogP contribution in [0, 0.1) is 0 Å². The summed E-state index contributed by atoms with van der Waals surface area (Å²) in [5, 5.41) is 9.18. The van der Waals surface area contributed by atoms with Gasteiger partial charge in [0.05, 0.1) is 23.7 Å². The minimum Gasteiger partial charge on any atom is -0.481 e. The van der Waals surface area contributed by atoms with Crippen LogP contribution >= 0.6 is 0 Å². The van der Waals surface area contributed by atoms with Gasteiger partial charge < -0.3 is 15.4 Å². The van der Waals surface area contributed by atoms with Gasteiger partial charge in [0.25, 0.3) is 0 Å². The first-order valence-electron chi connectivity index (χ1n) is 7.87. The van der Waals surface area contributed by atoms with E-state index in [9.17, 15) is 31.5 Å². The van der Waals surface area contributed by atoms with E-state index >= 15 is 0 Å². The van der Waals surface area contributed by atoms with E-state index in [0.717, 1.165) is 10.4 Å². The molecule has 0 amide bonds. The van der Waals surface area contributed by atoms with Gasteiger partial charge in [-0.2, -0.15) is 17.5 Å². The molecule has 0 bridgehead atoms. The van der Waals surface area contributed by atoms with Crippen LogP contribution in [0.5, 0.6) is 0 Å². The molecule has 1 aromatic carbocycles. The predicted molar refractivity (Wildman–Crippen MR) is 89.2 cm³/mol. The summed E-state index contributed by atoms with van der Waals surface area (Å²) >= 11 is 0. The average Bonchev–Trinajstić information content (AvgIpc) is 3.02. The van der Waals surface area contributed by atoms with Gasteiger partial charge in [-0.3, -0.25) is 4.79 Å². The number of hydrogen-bond acceptors (Lipinski definition) is 4. The van der Waals surface area contributed by atoms with Gasteiger partial charge in [-0.25, -0.2) is 8.42 Å². The number of fused-ring (bicyclic) bond motifs is 1. The number of sulfonamides is 1. The molecule has 1 unspecified atom stereocenters. The third-order valence-electron chi connectivity index (χ3n) is 4.41. The van der Waals surface area contributed by atoms with Crippen molar-refractivity contribution in [2.75, 3.05) is 12.3 Å². The Balaban J connectivity index is 2.05. The standard InChI is InChI=1S/C16H16F3N3O4S/c17-16(18,19)10-3-4-14(11(20)8-10)27(25,26)22-7-6-21-5-1-2-12(21)13(22)9-15(23)24/h1-5,8,13H,6-7,9,20H2,(H,23,24). The summed E-state index contributed by atoms with van der Waals surface area (Å²) in [6.45, 7) is 0.265. The van der Waals surface area contributed by atoms with Crippen molar-refractivity contribution >= 4 is 21.7 Å². The third-order valence-corrected chi connectivity index (χ3v) is 6.39. The molecule has 27 heavy (non-hydrogen) atoms. The summed E-state index contributed by atoms with van der Waals surface area (Å²) in [7, 11) is -4.31. The number of nitrogens with zero attached hydrogens (tertiary/aromatic N) is 2. The van der Waals surface area contributed by atoms with E-state index in [1.165, 1.54) is 0 Å². The number of hydrogen-bond donors (Lipinski definition) is 2. The molecular formula is C16H16F3N3O4S. The molecule has 2 aromatic rings. The van der Waals surface area contributed by atoms with Gasteiger partial charge in [-0.1, -0.05) is 0 Å². The number of nitrogen functional groups attached to an aromatic ring is 1. The number of anilines is 1. The molecule has 3 N–H and O–H groups in total. The van der Waals surface area contributed by atoms with Crippen molar-refractivity contribution in [3.63, 3.8) is 0 Å².